The molecule has 4 nitrogen and oxygen atoms in total. The van der Waals surface area contributed by atoms with E-state index in [1.807, 2.05) is 51.1 Å². The molecule has 1 unspecified atom stereocenters. The van der Waals surface area contributed by atoms with E-state index in [2.05, 4.69) is 10.3 Å². The zero-order valence-corrected chi connectivity index (χ0v) is 16.1. The van der Waals surface area contributed by atoms with Crippen LogP contribution in [0.3, 0.4) is 0 Å². The number of anilines is 1. The Bertz CT molecular complexity index is 929. The molecule has 1 heterocycles. The smallest absolute Gasteiger partial charge is 0.266 e. The summed E-state index contributed by atoms with van der Waals surface area (Å²) in [7, 11) is 0. The zero-order chi connectivity index (χ0) is 18.1. The lowest BCUT2D eigenvalue weighted by Gasteiger charge is -2.15. The highest BCUT2D eigenvalue weighted by molar-refractivity contribution is 7.22. The Morgan fingerprint density at radius 1 is 1.20 bits per heavy atom. The van der Waals surface area contributed by atoms with Gasteiger partial charge in [-0.15, -0.1) is 0 Å². The Hall–Kier alpha value is -2.11. The van der Waals surface area contributed by atoms with Crippen LogP contribution >= 0.6 is 22.9 Å². The standard InChI is InChI=1S/C19H19ClN2O2S/c1-10-6-5-7-15-17(10)21-19(25-15)22-18(23)13(4)24-14-8-11(2)16(20)12(3)9-14/h5-9,13H,1-4H3,(H,21,22,23). The minimum atomic E-state index is -0.645. The summed E-state index contributed by atoms with van der Waals surface area (Å²) in [6.07, 6.45) is -0.645. The highest BCUT2D eigenvalue weighted by Gasteiger charge is 2.18. The van der Waals surface area contributed by atoms with Gasteiger partial charge in [-0.3, -0.25) is 10.1 Å². The molecular weight excluding hydrogens is 356 g/mol. The highest BCUT2D eigenvalue weighted by atomic mass is 35.5. The quantitative estimate of drug-likeness (QED) is 0.675. The molecule has 0 radical (unpaired) electrons. The fourth-order valence-corrected chi connectivity index (χ4v) is 3.63. The van der Waals surface area contributed by atoms with Gasteiger partial charge in [-0.25, -0.2) is 4.98 Å². The predicted molar refractivity (Wildman–Crippen MR) is 104 cm³/mol. The van der Waals surface area contributed by atoms with Crippen molar-refractivity contribution in [2.45, 2.75) is 33.8 Å². The van der Waals surface area contributed by atoms with Crippen molar-refractivity contribution in [3.05, 3.63) is 52.0 Å². The van der Waals surface area contributed by atoms with E-state index >= 15 is 0 Å². The molecule has 3 aromatic rings. The van der Waals surface area contributed by atoms with Crippen LogP contribution in [0, 0.1) is 20.8 Å². The SMILES string of the molecule is Cc1cc(OC(C)C(=O)Nc2nc3c(C)cccc3s2)cc(C)c1Cl. The number of aryl methyl sites for hydroxylation is 3. The number of ether oxygens (including phenoxy) is 1. The van der Waals surface area contributed by atoms with Crippen LogP contribution in [-0.2, 0) is 4.79 Å². The van der Waals surface area contributed by atoms with Crippen molar-refractivity contribution in [1.29, 1.82) is 0 Å². The first-order valence-electron chi connectivity index (χ1n) is 7.95. The van der Waals surface area contributed by atoms with Crippen molar-refractivity contribution < 1.29 is 9.53 Å². The van der Waals surface area contributed by atoms with Crippen molar-refractivity contribution in [3.8, 4) is 5.75 Å². The first-order valence-corrected chi connectivity index (χ1v) is 9.15. The summed E-state index contributed by atoms with van der Waals surface area (Å²) in [5.41, 5.74) is 3.85. The molecule has 0 saturated carbocycles. The molecule has 1 N–H and O–H groups in total. The lowest BCUT2D eigenvalue weighted by Crippen LogP contribution is -2.30. The third-order valence-electron chi connectivity index (χ3n) is 3.94. The number of para-hydroxylation sites is 1. The number of halogens is 1. The van der Waals surface area contributed by atoms with Gasteiger partial charge in [0, 0.05) is 5.02 Å². The normalized spacial score (nSPS) is 12.2. The maximum Gasteiger partial charge on any atom is 0.266 e. The lowest BCUT2D eigenvalue weighted by molar-refractivity contribution is -0.122. The molecule has 0 aliphatic rings. The maximum atomic E-state index is 12.4. The maximum absolute atomic E-state index is 12.4. The average Bonchev–Trinajstić information content (AvgIpc) is 2.96. The number of rotatable bonds is 4. The van der Waals surface area contributed by atoms with Crippen LogP contribution in [0.5, 0.6) is 5.75 Å². The van der Waals surface area contributed by atoms with Crippen LogP contribution in [-0.4, -0.2) is 17.0 Å². The van der Waals surface area contributed by atoms with Crippen LogP contribution in [0.4, 0.5) is 5.13 Å². The summed E-state index contributed by atoms with van der Waals surface area (Å²) in [6.45, 7) is 7.55. The first kappa shape index (κ1) is 17.7. The number of amides is 1. The van der Waals surface area contributed by atoms with Gasteiger partial charge in [0.05, 0.1) is 10.2 Å². The number of fused-ring (bicyclic) bond motifs is 1. The molecule has 1 amide bonds. The third kappa shape index (κ3) is 3.78. The first-order chi connectivity index (χ1) is 11.8. The number of nitrogens with zero attached hydrogens (tertiary/aromatic N) is 1. The molecule has 0 aliphatic heterocycles. The minimum absolute atomic E-state index is 0.234. The Labute approximate surface area is 155 Å². The summed E-state index contributed by atoms with van der Waals surface area (Å²) >= 11 is 7.62. The van der Waals surface area contributed by atoms with Crippen molar-refractivity contribution in [2.75, 3.05) is 5.32 Å². The van der Waals surface area contributed by atoms with E-state index in [4.69, 9.17) is 16.3 Å². The van der Waals surface area contributed by atoms with Crippen LogP contribution < -0.4 is 10.1 Å². The number of benzene rings is 2. The lowest BCUT2D eigenvalue weighted by atomic mass is 10.1. The number of carbonyl (C=O) groups excluding carboxylic acids is 1. The van der Waals surface area contributed by atoms with E-state index in [1.54, 1.807) is 6.92 Å². The molecule has 1 aromatic heterocycles. The fraction of sp³-hybridized carbons (Fsp3) is 0.263. The van der Waals surface area contributed by atoms with E-state index in [1.165, 1.54) is 11.3 Å². The number of hydrogen-bond donors (Lipinski definition) is 1. The van der Waals surface area contributed by atoms with Gasteiger partial charge in [-0.05, 0) is 62.6 Å². The monoisotopic (exact) mass is 374 g/mol. The summed E-state index contributed by atoms with van der Waals surface area (Å²) < 4.78 is 6.82. The molecule has 0 saturated heterocycles. The van der Waals surface area contributed by atoms with Gasteiger partial charge in [-0.1, -0.05) is 35.1 Å². The second-order valence-electron chi connectivity index (χ2n) is 6.06. The molecule has 6 heteroatoms. The van der Waals surface area contributed by atoms with E-state index in [-0.39, 0.29) is 5.91 Å². The molecule has 0 spiro atoms. The Balaban J connectivity index is 1.73. The number of nitrogens with one attached hydrogen (secondary N) is 1. The second kappa shape index (κ2) is 7.02. The van der Waals surface area contributed by atoms with Crippen molar-refractivity contribution in [1.82, 2.24) is 4.98 Å². The Morgan fingerprint density at radius 2 is 1.88 bits per heavy atom. The molecule has 1 atom stereocenters. The van der Waals surface area contributed by atoms with E-state index < -0.39 is 6.10 Å². The Kier molecular flexibility index (Phi) is 4.97. The van der Waals surface area contributed by atoms with Crippen molar-refractivity contribution in [3.63, 3.8) is 0 Å². The number of hydrogen-bond acceptors (Lipinski definition) is 4. The van der Waals surface area contributed by atoms with E-state index in [0.717, 1.165) is 26.9 Å². The average molecular weight is 375 g/mol. The van der Waals surface area contributed by atoms with Gasteiger partial charge in [-0.2, -0.15) is 0 Å². The van der Waals surface area contributed by atoms with Gasteiger partial charge < -0.3 is 4.74 Å². The van der Waals surface area contributed by atoms with Gasteiger partial charge >= 0.3 is 0 Å². The topological polar surface area (TPSA) is 51.2 Å². The number of aromatic nitrogens is 1. The molecular formula is C19H19ClN2O2S. The highest BCUT2D eigenvalue weighted by Crippen LogP contribution is 2.29. The van der Waals surface area contributed by atoms with E-state index in [9.17, 15) is 4.79 Å². The molecule has 25 heavy (non-hydrogen) atoms. The summed E-state index contributed by atoms with van der Waals surface area (Å²) in [4.78, 5) is 16.9. The third-order valence-corrected chi connectivity index (χ3v) is 5.48. The molecule has 2 aromatic carbocycles. The summed E-state index contributed by atoms with van der Waals surface area (Å²) in [6, 6.07) is 9.65. The van der Waals surface area contributed by atoms with Crippen LogP contribution in [0.2, 0.25) is 5.02 Å². The molecule has 0 bridgehead atoms. The van der Waals surface area contributed by atoms with Crippen molar-refractivity contribution >= 4 is 44.2 Å². The fourth-order valence-electron chi connectivity index (χ4n) is 2.58. The summed E-state index contributed by atoms with van der Waals surface area (Å²) in [5.74, 6) is 0.393. The van der Waals surface area contributed by atoms with Crippen LogP contribution in [0.25, 0.3) is 10.2 Å². The van der Waals surface area contributed by atoms with Crippen molar-refractivity contribution in [2.24, 2.45) is 0 Å². The van der Waals surface area contributed by atoms with Gasteiger partial charge in [0.25, 0.3) is 5.91 Å². The van der Waals surface area contributed by atoms with E-state index in [0.29, 0.717) is 15.9 Å². The number of thiazole rings is 1. The number of carbonyl (C=O) groups is 1. The molecule has 0 fully saturated rings. The van der Waals surface area contributed by atoms with Gasteiger partial charge in [0.2, 0.25) is 0 Å². The van der Waals surface area contributed by atoms with Gasteiger partial charge in [0.1, 0.15) is 5.75 Å². The second-order valence-corrected chi connectivity index (χ2v) is 7.47. The predicted octanol–water partition coefficient (Wildman–Crippen LogP) is 5.28. The van der Waals surface area contributed by atoms with Crippen LogP contribution in [0.1, 0.15) is 23.6 Å². The minimum Gasteiger partial charge on any atom is -0.481 e. The molecule has 3 rings (SSSR count). The molecule has 0 aliphatic carbocycles. The molecule has 130 valence electrons. The van der Waals surface area contributed by atoms with Crippen LogP contribution in [0.15, 0.2) is 30.3 Å². The Morgan fingerprint density at radius 3 is 2.52 bits per heavy atom. The summed E-state index contributed by atoms with van der Waals surface area (Å²) in [5, 5.41) is 4.13. The van der Waals surface area contributed by atoms with Gasteiger partial charge in [0.15, 0.2) is 11.2 Å². The largest absolute Gasteiger partial charge is 0.481 e. The zero-order valence-electron chi connectivity index (χ0n) is 14.5.